The molecule has 0 aromatic heterocycles. The maximum absolute atomic E-state index is 11.6. The summed E-state index contributed by atoms with van der Waals surface area (Å²) >= 11 is 0. The summed E-state index contributed by atoms with van der Waals surface area (Å²) < 4.78 is 27.6. The highest BCUT2D eigenvalue weighted by Gasteiger charge is 2.21. The maximum Gasteiger partial charge on any atom is 0.358 e. The van der Waals surface area contributed by atoms with Gasteiger partial charge in [-0.1, -0.05) is 22.9 Å². The molecule has 1 aromatic rings. The maximum atomic E-state index is 11.6. The molecule has 15 heavy (non-hydrogen) atoms. The van der Waals surface area contributed by atoms with Crippen LogP contribution in [0.25, 0.3) is 0 Å². The standard InChI is InChI=1S/C10H13NO3S/c1-7-5-8(2)10(9(3)6-7)15(12,13)14-11-4/h5-6H,4H2,1-3H3. The van der Waals surface area contributed by atoms with Crippen molar-refractivity contribution in [2.45, 2.75) is 25.7 Å². The summed E-state index contributed by atoms with van der Waals surface area (Å²) in [5.41, 5.74) is 2.31. The predicted molar refractivity (Wildman–Crippen MR) is 58.5 cm³/mol. The van der Waals surface area contributed by atoms with Gasteiger partial charge in [-0.05, 0) is 31.9 Å². The van der Waals surface area contributed by atoms with Crippen LogP contribution in [0.5, 0.6) is 0 Å². The molecule has 0 saturated carbocycles. The number of aryl methyl sites for hydroxylation is 3. The van der Waals surface area contributed by atoms with Gasteiger partial charge < -0.3 is 0 Å². The van der Waals surface area contributed by atoms with Crippen LogP contribution >= 0.6 is 0 Å². The molecule has 0 fully saturated rings. The lowest BCUT2D eigenvalue weighted by atomic mass is 10.1. The van der Waals surface area contributed by atoms with Crippen molar-refractivity contribution in [3.05, 3.63) is 28.8 Å². The van der Waals surface area contributed by atoms with Gasteiger partial charge in [0, 0.05) is 6.72 Å². The van der Waals surface area contributed by atoms with Gasteiger partial charge in [-0.2, -0.15) is 8.42 Å². The van der Waals surface area contributed by atoms with E-state index in [4.69, 9.17) is 0 Å². The molecule has 0 N–H and O–H groups in total. The van der Waals surface area contributed by atoms with Crippen molar-refractivity contribution >= 4 is 16.8 Å². The quantitative estimate of drug-likeness (QED) is 0.585. The molecule has 82 valence electrons. The summed E-state index contributed by atoms with van der Waals surface area (Å²) in [6.07, 6.45) is 0. The third-order valence-corrected chi connectivity index (χ3v) is 3.45. The summed E-state index contributed by atoms with van der Waals surface area (Å²) in [4.78, 5) is 0.167. The summed E-state index contributed by atoms with van der Waals surface area (Å²) in [7, 11) is -3.82. The zero-order valence-corrected chi connectivity index (χ0v) is 9.76. The molecule has 0 unspecified atom stereocenters. The SMILES string of the molecule is C=NOS(=O)(=O)c1c(C)cc(C)cc1C. The lowest BCUT2D eigenvalue weighted by molar-refractivity contribution is 0.342. The van der Waals surface area contributed by atoms with E-state index < -0.39 is 10.1 Å². The highest BCUT2D eigenvalue weighted by atomic mass is 32.2. The fourth-order valence-corrected chi connectivity index (χ4v) is 2.79. The molecule has 5 heteroatoms. The second-order valence-electron chi connectivity index (χ2n) is 3.39. The van der Waals surface area contributed by atoms with Crippen LogP contribution in [-0.4, -0.2) is 15.1 Å². The Morgan fingerprint density at radius 1 is 1.20 bits per heavy atom. The molecule has 0 amide bonds. The average molecular weight is 227 g/mol. The highest BCUT2D eigenvalue weighted by Crippen LogP contribution is 2.23. The van der Waals surface area contributed by atoms with Crippen LogP contribution in [0, 0.1) is 20.8 Å². The first-order valence-electron chi connectivity index (χ1n) is 4.36. The fraction of sp³-hybridized carbons (Fsp3) is 0.300. The highest BCUT2D eigenvalue weighted by molar-refractivity contribution is 7.86. The lowest BCUT2D eigenvalue weighted by Crippen LogP contribution is -2.07. The van der Waals surface area contributed by atoms with Crippen LogP contribution in [0.4, 0.5) is 0 Å². The lowest BCUT2D eigenvalue weighted by Gasteiger charge is -2.09. The van der Waals surface area contributed by atoms with E-state index >= 15 is 0 Å². The molecule has 0 aliphatic rings. The minimum Gasteiger partial charge on any atom is -0.265 e. The number of hydrogen-bond donors (Lipinski definition) is 0. The van der Waals surface area contributed by atoms with E-state index in [1.54, 1.807) is 26.0 Å². The number of hydrogen-bond acceptors (Lipinski definition) is 4. The Balaban J connectivity index is 3.44. The zero-order chi connectivity index (χ0) is 11.6. The molecule has 0 heterocycles. The Morgan fingerprint density at radius 3 is 2.07 bits per heavy atom. The van der Waals surface area contributed by atoms with Crippen LogP contribution < -0.4 is 0 Å². The van der Waals surface area contributed by atoms with Crippen LogP contribution in [-0.2, 0) is 14.4 Å². The van der Waals surface area contributed by atoms with Gasteiger partial charge in [-0.15, -0.1) is 0 Å². The van der Waals surface area contributed by atoms with Gasteiger partial charge in [0.1, 0.15) is 4.90 Å². The van der Waals surface area contributed by atoms with Crippen molar-refractivity contribution in [3.8, 4) is 0 Å². The summed E-state index contributed by atoms with van der Waals surface area (Å²) in [5, 5.41) is 2.95. The van der Waals surface area contributed by atoms with Crippen molar-refractivity contribution in [1.82, 2.24) is 0 Å². The van der Waals surface area contributed by atoms with Crippen LogP contribution in [0.1, 0.15) is 16.7 Å². The number of oxime groups is 1. The van der Waals surface area contributed by atoms with Crippen molar-refractivity contribution in [1.29, 1.82) is 0 Å². The van der Waals surface area contributed by atoms with Crippen molar-refractivity contribution < 1.29 is 12.7 Å². The molecule has 0 aliphatic carbocycles. The molecule has 1 aromatic carbocycles. The molecule has 0 atom stereocenters. The van der Waals surface area contributed by atoms with Crippen LogP contribution in [0.2, 0.25) is 0 Å². The summed E-state index contributed by atoms with van der Waals surface area (Å²) in [5.74, 6) is 0. The van der Waals surface area contributed by atoms with Gasteiger partial charge in [-0.25, -0.2) is 0 Å². The smallest absolute Gasteiger partial charge is 0.265 e. The first kappa shape index (κ1) is 11.7. The van der Waals surface area contributed by atoms with Crippen molar-refractivity contribution in [2.75, 3.05) is 0 Å². The minimum absolute atomic E-state index is 0.167. The molecule has 0 bridgehead atoms. The second kappa shape index (κ2) is 4.02. The largest absolute Gasteiger partial charge is 0.358 e. The normalized spacial score (nSPS) is 11.1. The predicted octanol–water partition coefficient (Wildman–Crippen LogP) is 1.93. The summed E-state index contributed by atoms with van der Waals surface area (Å²) in [6.45, 7) is 8.35. The summed E-state index contributed by atoms with van der Waals surface area (Å²) in [6, 6.07) is 3.57. The first-order chi connectivity index (χ1) is 6.88. The number of nitrogens with zero attached hydrogens (tertiary/aromatic N) is 1. The second-order valence-corrected chi connectivity index (χ2v) is 4.85. The van der Waals surface area contributed by atoms with Gasteiger partial charge in [0.25, 0.3) is 0 Å². The Hall–Kier alpha value is -1.36. The molecular weight excluding hydrogens is 214 g/mol. The van der Waals surface area contributed by atoms with Crippen molar-refractivity contribution in [2.24, 2.45) is 5.16 Å². The molecular formula is C10H13NO3S. The van der Waals surface area contributed by atoms with Gasteiger partial charge in [0.15, 0.2) is 0 Å². The third-order valence-electron chi connectivity index (χ3n) is 2.01. The first-order valence-corrected chi connectivity index (χ1v) is 5.77. The fourth-order valence-electron chi connectivity index (χ4n) is 1.67. The molecule has 1 rings (SSSR count). The van der Waals surface area contributed by atoms with Crippen LogP contribution in [0.3, 0.4) is 0 Å². The Labute approximate surface area is 89.7 Å². The zero-order valence-electron chi connectivity index (χ0n) is 8.94. The van der Waals surface area contributed by atoms with E-state index in [1.165, 1.54) is 0 Å². The van der Waals surface area contributed by atoms with Gasteiger partial charge in [-0.3, -0.25) is 4.28 Å². The van der Waals surface area contributed by atoms with E-state index in [0.717, 1.165) is 5.56 Å². The van der Waals surface area contributed by atoms with Crippen molar-refractivity contribution in [3.63, 3.8) is 0 Å². The Bertz CT molecular complexity index is 468. The molecule has 0 saturated heterocycles. The number of rotatable bonds is 3. The molecule has 4 nitrogen and oxygen atoms in total. The van der Waals surface area contributed by atoms with Gasteiger partial charge >= 0.3 is 10.1 Å². The Kier molecular flexibility index (Phi) is 3.14. The van der Waals surface area contributed by atoms with E-state index in [-0.39, 0.29) is 4.90 Å². The van der Waals surface area contributed by atoms with E-state index in [1.807, 2.05) is 6.92 Å². The van der Waals surface area contributed by atoms with Gasteiger partial charge in [0.2, 0.25) is 0 Å². The van der Waals surface area contributed by atoms with E-state index in [2.05, 4.69) is 16.2 Å². The molecule has 0 aliphatic heterocycles. The molecule has 0 radical (unpaired) electrons. The van der Waals surface area contributed by atoms with E-state index in [9.17, 15) is 8.42 Å². The van der Waals surface area contributed by atoms with Gasteiger partial charge in [0.05, 0.1) is 0 Å². The average Bonchev–Trinajstić information content (AvgIpc) is 1.99. The monoisotopic (exact) mass is 227 g/mol. The minimum atomic E-state index is -3.82. The third kappa shape index (κ3) is 2.36. The topological polar surface area (TPSA) is 55.7 Å². The van der Waals surface area contributed by atoms with E-state index in [0.29, 0.717) is 11.1 Å². The number of benzene rings is 1. The van der Waals surface area contributed by atoms with Crippen LogP contribution in [0.15, 0.2) is 22.2 Å². The Morgan fingerprint density at radius 2 is 1.67 bits per heavy atom. The molecule has 0 spiro atoms.